The number of nitrogens with one attached hydrogen (secondary N) is 2. The Morgan fingerprint density at radius 2 is 1.42 bits per heavy atom. The highest BCUT2D eigenvalue weighted by atomic mass is 19.4. The molecule has 2 aromatic rings. The Balaban J connectivity index is 1.88. The molecule has 0 radical (unpaired) electrons. The van der Waals surface area contributed by atoms with Crippen molar-refractivity contribution in [3.8, 4) is 0 Å². The second-order valence-corrected chi connectivity index (χ2v) is 8.64. The Bertz CT molecular complexity index is 1090. The van der Waals surface area contributed by atoms with Gasteiger partial charge in [-0.05, 0) is 66.8 Å². The molecule has 13 heteroatoms. The Morgan fingerprint density at radius 1 is 0.889 bits per heavy atom. The van der Waals surface area contributed by atoms with Gasteiger partial charge in [-0.15, -0.1) is 0 Å². The van der Waals surface area contributed by atoms with Crippen LogP contribution < -0.4 is 10.6 Å². The number of rotatable bonds is 7. The Labute approximate surface area is 199 Å². The smallest absolute Gasteiger partial charge is 0.381 e. The molecule has 0 spiro atoms. The first-order valence-corrected chi connectivity index (χ1v) is 10.6. The van der Waals surface area contributed by atoms with Gasteiger partial charge in [-0.25, -0.2) is 0 Å². The van der Waals surface area contributed by atoms with Crippen molar-refractivity contribution in [2.24, 2.45) is 5.92 Å². The van der Waals surface area contributed by atoms with Crippen LogP contribution in [-0.2, 0) is 29.3 Å². The van der Waals surface area contributed by atoms with Gasteiger partial charge >= 0.3 is 18.5 Å². The molecular formula is C23H21F9N2O2. The zero-order valence-electron chi connectivity index (χ0n) is 18.6. The van der Waals surface area contributed by atoms with Gasteiger partial charge in [0.1, 0.15) is 0 Å². The molecule has 4 nitrogen and oxygen atoms in total. The van der Waals surface area contributed by atoms with Gasteiger partial charge in [0, 0.05) is 18.2 Å². The van der Waals surface area contributed by atoms with E-state index in [1.54, 1.807) is 6.92 Å². The normalized spacial score (nSPS) is 16.4. The first-order chi connectivity index (χ1) is 16.4. The van der Waals surface area contributed by atoms with Crippen LogP contribution in [0, 0.1) is 12.8 Å². The van der Waals surface area contributed by atoms with Crippen LogP contribution in [0.15, 0.2) is 36.4 Å². The SMILES string of the molecule is Cc1cc(NC[C@@](O)(c2cc(C(F)(F)F)cc(C(F)(F)F)c2)C(F)(F)F)ccc1CNC(=O)C1CC1. The summed E-state index contributed by atoms with van der Waals surface area (Å²) in [5.74, 6) is -0.147. The van der Waals surface area contributed by atoms with Crippen LogP contribution in [0.4, 0.5) is 45.2 Å². The minimum absolute atomic E-state index is 0.0236. The van der Waals surface area contributed by atoms with E-state index in [9.17, 15) is 49.4 Å². The molecule has 1 atom stereocenters. The second-order valence-electron chi connectivity index (χ2n) is 8.64. The molecule has 3 rings (SSSR count). The van der Waals surface area contributed by atoms with Crippen molar-refractivity contribution in [1.29, 1.82) is 0 Å². The van der Waals surface area contributed by atoms with Gasteiger partial charge < -0.3 is 15.7 Å². The highest BCUT2D eigenvalue weighted by Crippen LogP contribution is 2.44. The van der Waals surface area contributed by atoms with Gasteiger partial charge in [0.2, 0.25) is 11.5 Å². The average Bonchev–Trinajstić information content (AvgIpc) is 3.60. The van der Waals surface area contributed by atoms with E-state index in [0.29, 0.717) is 11.1 Å². The van der Waals surface area contributed by atoms with Gasteiger partial charge in [-0.3, -0.25) is 4.79 Å². The van der Waals surface area contributed by atoms with Crippen LogP contribution >= 0.6 is 0 Å². The van der Waals surface area contributed by atoms with Crippen LogP contribution in [0.2, 0.25) is 0 Å². The van der Waals surface area contributed by atoms with E-state index in [1.807, 2.05) is 0 Å². The quantitative estimate of drug-likeness (QED) is 0.391. The number of alkyl halides is 9. The summed E-state index contributed by atoms with van der Waals surface area (Å²) in [4.78, 5) is 11.8. The molecule has 198 valence electrons. The Kier molecular flexibility index (Phi) is 7.28. The van der Waals surface area contributed by atoms with Crippen LogP contribution in [0.25, 0.3) is 0 Å². The summed E-state index contributed by atoms with van der Waals surface area (Å²) in [6.45, 7) is 0.298. The number of carbonyl (C=O) groups excluding carboxylic acids is 1. The van der Waals surface area contributed by atoms with Crippen molar-refractivity contribution in [3.05, 3.63) is 64.2 Å². The number of hydrogen-bond donors (Lipinski definition) is 3. The summed E-state index contributed by atoms with van der Waals surface area (Å²) in [6, 6.07) is 3.56. The molecule has 1 aliphatic rings. The minimum atomic E-state index is -5.63. The number of aliphatic hydroxyl groups is 1. The van der Waals surface area contributed by atoms with Crippen molar-refractivity contribution in [2.45, 2.75) is 50.4 Å². The number of hydrogen-bond acceptors (Lipinski definition) is 3. The molecule has 1 saturated carbocycles. The zero-order chi connectivity index (χ0) is 27.1. The highest BCUT2D eigenvalue weighted by molar-refractivity contribution is 5.80. The van der Waals surface area contributed by atoms with Gasteiger partial charge in [-0.2, -0.15) is 39.5 Å². The summed E-state index contributed by atoms with van der Waals surface area (Å²) in [7, 11) is 0. The van der Waals surface area contributed by atoms with E-state index < -0.39 is 47.4 Å². The third kappa shape index (κ3) is 6.23. The highest BCUT2D eigenvalue weighted by Gasteiger charge is 2.56. The summed E-state index contributed by atoms with van der Waals surface area (Å²) in [5.41, 5.74) is -8.44. The fraction of sp³-hybridized carbons (Fsp3) is 0.435. The zero-order valence-corrected chi connectivity index (χ0v) is 18.6. The molecule has 0 bridgehead atoms. The number of anilines is 1. The maximum Gasteiger partial charge on any atom is 0.423 e. The molecule has 1 aliphatic carbocycles. The molecule has 1 amide bonds. The summed E-state index contributed by atoms with van der Waals surface area (Å²) in [5, 5.41) is 15.4. The monoisotopic (exact) mass is 528 g/mol. The van der Waals surface area contributed by atoms with E-state index in [2.05, 4.69) is 10.6 Å². The Hall–Kier alpha value is -2.96. The van der Waals surface area contributed by atoms with Gasteiger partial charge in [0.25, 0.3) is 0 Å². The van der Waals surface area contributed by atoms with Crippen LogP contribution in [0.5, 0.6) is 0 Å². The lowest BCUT2D eigenvalue weighted by molar-refractivity contribution is -0.261. The lowest BCUT2D eigenvalue weighted by Crippen LogP contribution is -2.48. The maximum absolute atomic E-state index is 13.8. The molecule has 2 aromatic carbocycles. The summed E-state index contributed by atoms with van der Waals surface area (Å²) < 4.78 is 120. The molecule has 0 saturated heterocycles. The van der Waals surface area contributed by atoms with E-state index in [1.165, 1.54) is 18.2 Å². The number of carbonyl (C=O) groups is 1. The summed E-state index contributed by atoms with van der Waals surface area (Å²) in [6.07, 6.45) is -14.8. The first-order valence-electron chi connectivity index (χ1n) is 10.6. The molecular weight excluding hydrogens is 507 g/mol. The lowest BCUT2D eigenvalue weighted by atomic mass is 9.89. The maximum atomic E-state index is 13.8. The topological polar surface area (TPSA) is 61.4 Å². The third-order valence-corrected chi connectivity index (χ3v) is 5.83. The number of amides is 1. The van der Waals surface area contributed by atoms with Crippen molar-refractivity contribution in [3.63, 3.8) is 0 Å². The lowest BCUT2D eigenvalue weighted by Gasteiger charge is -2.32. The summed E-state index contributed by atoms with van der Waals surface area (Å²) >= 11 is 0. The number of aryl methyl sites for hydroxylation is 1. The van der Waals surface area contributed by atoms with E-state index >= 15 is 0 Å². The molecule has 0 aromatic heterocycles. The van der Waals surface area contributed by atoms with Crippen molar-refractivity contribution >= 4 is 11.6 Å². The fourth-order valence-corrected chi connectivity index (χ4v) is 3.47. The number of benzene rings is 2. The largest absolute Gasteiger partial charge is 0.423 e. The third-order valence-electron chi connectivity index (χ3n) is 5.83. The molecule has 1 fully saturated rings. The van der Waals surface area contributed by atoms with E-state index in [0.717, 1.165) is 12.8 Å². The van der Waals surface area contributed by atoms with Crippen LogP contribution in [-0.4, -0.2) is 23.7 Å². The minimum Gasteiger partial charge on any atom is -0.381 e. The molecule has 0 unspecified atom stereocenters. The van der Waals surface area contributed by atoms with E-state index in [4.69, 9.17) is 0 Å². The van der Waals surface area contributed by atoms with Crippen LogP contribution in [0.3, 0.4) is 0 Å². The predicted molar refractivity (Wildman–Crippen MR) is 111 cm³/mol. The standard InChI is InChI=1S/C23H21F9N2O2/c1-12-6-18(5-4-14(12)10-33-19(35)13-2-3-13)34-11-20(36,23(30,31)32)15-7-16(21(24,25)26)9-17(8-15)22(27,28)29/h4-9,13,34,36H,2-3,10-11H2,1H3,(H,33,35)/t20-/m1/s1. The van der Waals surface area contributed by atoms with Crippen LogP contribution in [0.1, 0.15) is 40.7 Å². The average molecular weight is 528 g/mol. The van der Waals surface area contributed by atoms with Crippen molar-refractivity contribution in [1.82, 2.24) is 5.32 Å². The number of halogens is 9. The van der Waals surface area contributed by atoms with Gasteiger partial charge in [0.05, 0.1) is 17.7 Å². The van der Waals surface area contributed by atoms with Gasteiger partial charge in [-0.1, -0.05) is 6.07 Å². The van der Waals surface area contributed by atoms with Crippen molar-refractivity contribution in [2.75, 3.05) is 11.9 Å². The second kappa shape index (κ2) is 9.49. The molecule has 36 heavy (non-hydrogen) atoms. The predicted octanol–water partition coefficient (Wildman–Crippen LogP) is 5.92. The molecule has 0 aliphatic heterocycles. The van der Waals surface area contributed by atoms with E-state index in [-0.39, 0.29) is 42.3 Å². The fourth-order valence-electron chi connectivity index (χ4n) is 3.47. The molecule has 3 N–H and O–H groups in total. The van der Waals surface area contributed by atoms with Crippen molar-refractivity contribution < 1.29 is 49.4 Å². The molecule has 0 heterocycles. The first kappa shape index (κ1) is 27.6. The Morgan fingerprint density at radius 3 is 1.86 bits per heavy atom. The van der Waals surface area contributed by atoms with Gasteiger partial charge in [0.15, 0.2) is 0 Å².